The zero-order chi connectivity index (χ0) is 20.5. The number of nitrogens with zero attached hydrogens (tertiary/aromatic N) is 1. The van der Waals surface area contributed by atoms with E-state index < -0.39 is 0 Å². The molecule has 1 fully saturated rings. The van der Waals surface area contributed by atoms with Gasteiger partial charge in [-0.15, -0.1) is 24.0 Å². The van der Waals surface area contributed by atoms with E-state index in [0.717, 1.165) is 67.9 Å². The summed E-state index contributed by atoms with van der Waals surface area (Å²) < 4.78 is 11.0. The van der Waals surface area contributed by atoms with Crippen LogP contribution in [0.25, 0.3) is 0 Å². The van der Waals surface area contributed by atoms with Crippen molar-refractivity contribution in [3.05, 3.63) is 64.7 Å². The number of benzene rings is 2. The minimum atomic E-state index is 0. The Morgan fingerprint density at radius 1 is 1.10 bits per heavy atom. The molecule has 164 valence electrons. The Bertz CT molecular complexity index is 808. The van der Waals surface area contributed by atoms with Gasteiger partial charge in [-0.3, -0.25) is 4.99 Å². The number of halogens is 2. The molecule has 0 bridgehead atoms. The highest BCUT2D eigenvalue weighted by Gasteiger charge is 2.34. The van der Waals surface area contributed by atoms with E-state index in [9.17, 15) is 0 Å². The monoisotopic (exact) mass is 543 g/mol. The van der Waals surface area contributed by atoms with Crippen LogP contribution < -0.4 is 15.4 Å². The molecule has 7 heteroatoms. The number of nitrogens with one attached hydrogen (secondary N) is 2. The molecule has 2 aromatic rings. The van der Waals surface area contributed by atoms with E-state index in [1.807, 2.05) is 30.3 Å². The van der Waals surface area contributed by atoms with Crippen molar-refractivity contribution >= 4 is 41.5 Å². The Hall–Kier alpha value is -1.51. The third-order valence-corrected chi connectivity index (χ3v) is 5.98. The predicted molar refractivity (Wildman–Crippen MR) is 135 cm³/mol. The van der Waals surface area contributed by atoms with Crippen LogP contribution in [0.3, 0.4) is 0 Å². The fourth-order valence-corrected chi connectivity index (χ4v) is 3.99. The Labute approximate surface area is 201 Å². The van der Waals surface area contributed by atoms with Crippen LogP contribution in [-0.2, 0) is 16.6 Å². The van der Waals surface area contributed by atoms with Crippen LogP contribution in [0.2, 0.25) is 5.02 Å². The van der Waals surface area contributed by atoms with Crippen LogP contribution in [-0.4, -0.2) is 46.4 Å². The Morgan fingerprint density at radius 3 is 2.43 bits per heavy atom. The van der Waals surface area contributed by atoms with E-state index in [2.05, 4.69) is 33.8 Å². The Balaban J connectivity index is 0.00000320. The van der Waals surface area contributed by atoms with Crippen molar-refractivity contribution in [3.8, 4) is 5.75 Å². The molecule has 0 unspecified atom stereocenters. The zero-order valence-electron chi connectivity index (χ0n) is 17.6. The molecular weight excluding hydrogens is 513 g/mol. The highest BCUT2D eigenvalue weighted by molar-refractivity contribution is 14.0. The third-order valence-electron chi connectivity index (χ3n) is 5.61. The van der Waals surface area contributed by atoms with Gasteiger partial charge in [0, 0.05) is 43.8 Å². The van der Waals surface area contributed by atoms with Gasteiger partial charge in [-0.05, 0) is 48.6 Å². The predicted octanol–water partition coefficient (Wildman–Crippen LogP) is 4.42. The van der Waals surface area contributed by atoms with Crippen LogP contribution in [0.5, 0.6) is 5.75 Å². The van der Waals surface area contributed by atoms with Gasteiger partial charge in [0.1, 0.15) is 5.75 Å². The summed E-state index contributed by atoms with van der Waals surface area (Å²) in [6, 6.07) is 16.3. The summed E-state index contributed by atoms with van der Waals surface area (Å²) in [6.07, 6.45) is 2.80. The van der Waals surface area contributed by atoms with Crippen molar-refractivity contribution in [2.45, 2.75) is 24.7 Å². The first-order chi connectivity index (χ1) is 14.2. The molecule has 0 amide bonds. The molecule has 1 aliphatic heterocycles. The van der Waals surface area contributed by atoms with Crippen LogP contribution >= 0.6 is 35.6 Å². The van der Waals surface area contributed by atoms with E-state index in [4.69, 9.17) is 21.1 Å². The standard InChI is InChI=1S/C23H30ClN3O2.HI/c1-25-22(26-14-11-18-5-3-4-6-21(18)24)27-17-23(12-15-29-16-13-23)19-7-9-20(28-2)10-8-19;/h3-10H,11-17H2,1-2H3,(H2,25,26,27);1H. The van der Waals surface area contributed by atoms with Gasteiger partial charge in [-0.1, -0.05) is 41.9 Å². The van der Waals surface area contributed by atoms with Gasteiger partial charge in [0.05, 0.1) is 7.11 Å². The average Bonchev–Trinajstić information content (AvgIpc) is 2.78. The zero-order valence-corrected chi connectivity index (χ0v) is 20.7. The number of hydrogen-bond donors (Lipinski definition) is 2. The van der Waals surface area contributed by atoms with Crippen LogP contribution in [0.4, 0.5) is 0 Å². The lowest BCUT2D eigenvalue weighted by Gasteiger charge is -2.38. The Morgan fingerprint density at radius 2 is 1.80 bits per heavy atom. The fourth-order valence-electron chi connectivity index (χ4n) is 3.76. The summed E-state index contributed by atoms with van der Waals surface area (Å²) in [4.78, 5) is 4.39. The Kier molecular flexibility index (Phi) is 10.2. The van der Waals surface area contributed by atoms with Crippen molar-refractivity contribution in [2.24, 2.45) is 4.99 Å². The van der Waals surface area contributed by atoms with Crippen LogP contribution in [0.15, 0.2) is 53.5 Å². The number of rotatable bonds is 7. The topological polar surface area (TPSA) is 54.9 Å². The first kappa shape index (κ1) is 24.8. The molecular formula is C23H31ClIN3O2. The molecule has 0 radical (unpaired) electrons. The lowest BCUT2D eigenvalue weighted by Crippen LogP contribution is -2.48. The van der Waals surface area contributed by atoms with Crippen molar-refractivity contribution in [1.29, 1.82) is 0 Å². The SMILES string of the molecule is CN=C(NCCc1ccccc1Cl)NCC1(c2ccc(OC)cc2)CCOCC1.I. The molecule has 30 heavy (non-hydrogen) atoms. The minimum Gasteiger partial charge on any atom is -0.497 e. The molecule has 2 aromatic carbocycles. The second-order valence-electron chi connectivity index (χ2n) is 7.32. The quantitative estimate of drug-likeness (QED) is 0.308. The van der Waals surface area contributed by atoms with Gasteiger partial charge in [0.2, 0.25) is 0 Å². The molecule has 0 aliphatic carbocycles. The number of ether oxygens (including phenoxy) is 2. The van der Waals surface area contributed by atoms with Crippen molar-refractivity contribution in [3.63, 3.8) is 0 Å². The van der Waals surface area contributed by atoms with Crippen molar-refractivity contribution in [1.82, 2.24) is 10.6 Å². The lowest BCUT2D eigenvalue weighted by molar-refractivity contribution is 0.0513. The average molecular weight is 544 g/mol. The number of aliphatic imine (C=N–C) groups is 1. The number of hydrogen-bond acceptors (Lipinski definition) is 3. The van der Waals surface area contributed by atoms with E-state index in [1.54, 1.807) is 14.2 Å². The largest absolute Gasteiger partial charge is 0.497 e. The maximum atomic E-state index is 6.25. The van der Waals surface area contributed by atoms with Gasteiger partial charge in [0.15, 0.2) is 5.96 Å². The van der Waals surface area contributed by atoms with E-state index in [1.165, 1.54) is 5.56 Å². The van der Waals surface area contributed by atoms with E-state index >= 15 is 0 Å². The maximum absolute atomic E-state index is 6.25. The highest BCUT2D eigenvalue weighted by atomic mass is 127. The molecule has 0 aromatic heterocycles. The maximum Gasteiger partial charge on any atom is 0.191 e. The second-order valence-corrected chi connectivity index (χ2v) is 7.72. The number of methoxy groups -OCH3 is 1. The lowest BCUT2D eigenvalue weighted by atomic mass is 9.74. The third kappa shape index (κ3) is 6.49. The van der Waals surface area contributed by atoms with E-state index in [0.29, 0.717) is 0 Å². The van der Waals surface area contributed by atoms with Crippen molar-refractivity contribution in [2.75, 3.05) is 40.5 Å². The van der Waals surface area contributed by atoms with E-state index in [-0.39, 0.29) is 29.4 Å². The molecule has 2 N–H and O–H groups in total. The van der Waals surface area contributed by atoms with Gasteiger partial charge < -0.3 is 20.1 Å². The van der Waals surface area contributed by atoms with Crippen molar-refractivity contribution < 1.29 is 9.47 Å². The smallest absolute Gasteiger partial charge is 0.191 e. The molecule has 1 saturated heterocycles. The first-order valence-electron chi connectivity index (χ1n) is 10.1. The first-order valence-corrected chi connectivity index (χ1v) is 10.4. The van der Waals surface area contributed by atoms with Gasteiger partial charge >= 0.3 is 0 Å². The van der Waals surface area contributed by atoms with Gasteiger partial charge in [-0.25, -0.2) is 0 Å². The van der Waals surface area contributed by atoms with Gasteiger partial charge in [0.25, 0.3) is 0 Å². The molecule has 3 rings (SSSR count). The normalized spacial score (nSPS) is 15.8. The summed E-state index contributed by atoms with van der Waals surface area (Å²) in [5.41, 5.74) is 2.46. The number of guanidine groups is 1. The van der Waals surface area contributed by atoms with Gasteiger partial charge in [-0.2, -0.15) is 0 Å². The van der Waals surface area contributed by atoms with Crippen LogP contribution in [0.1, 0.15) is 24.0 Å². The second kappa shape index (κ2) is 12.4. The van der Waals surface area contributed by atoms with Crippen LogP contribution in [0, 0.1) is 0 Å². The molecule has 0 saturated carbocycles. The minimum absolute atomic E-state index is 0. The summed E-state index contributed by atoms with van der Waals surface area (Å²) in [5.74, 6) is 1.68. The fraction of sp³-hybridized carbons (Fsp3) is 0.435. The summed E-state index contributed by atoms with van der Waals surface area (Å²) in [5, 5.41) is 7.73. The molecule has 5 nitrogen and oxygen atoms in total. The molecule has 0 atom stereocenters. The molecule has 0 spiro atoms. The molecule has 1 aliphatic rings. The summed E-state index contributed by atoms with van der Waals surface area (Å²) >= 11 is 6.25. The molecule has 1 heterocycles. The summed E-state index contributed by atoms with van der Waals surface area (Å²) in [7, 11) is 3.49. The summed E-state index contributed by atoms with van der Waals surface area (Å²) in [6.45, 7) is 3.11. The highest BCUT2D eigenvalue weighted by Crippen LogP contribution is 2.35.